The van der Waals surface area contributed by atoms with Gasteiger partial charge in [0, 0.05) is 19.7 Å². The van der Waals surface area contributed by atoms with Gasteiger partial charge in [0.25, 0.3) is 0 Å². The molecule has 0 saturated carbocycles. The zero-order valence-electron chi connectivity index (χ0n) is 10.2. The molecule has 2 N–H and O–H groups in total. The van der Waals surface area contributed by atoms with Crippen LogP contribution in [0.3, 0.4) is 0 Å². The zero-order chi connectivity index (χ0) is 12.6. The molecule has 92 valence electrons. The molecule has 0 bridgehead atoms. The number of nitrogen functional groups attached to an aromatic ring is 1. The summed E-state index contributed by atoms with van der Waals surface area (Å²) < 4.78 is 7.18. The second-order valence-electron chi connectivity index (χ2n) is 4.63. The van der Waals surface area contributed by atoms with Gasteiger partial charge in [-0.3, -0.25) is 4.40 Å². The molecular weight excluding hydrogens is 238 g/mol. The van der Waals surface area contributed by atoms with E-state index in [-0.39, 0.29) is 5.60 Å². The number of hydrogen-bond donors (Lipinski definition) is 1. The number of halogens is 1. The number of nitrogens with two attached hydrogens (primary N) is 1. The van der Waals surface area contributed by atoms with Crippen LogP contribution in [0.15, 0.2) is 18.3 Å². The van der Waals surface area contributed by atoms with Crippen molar-refractivity contribution in [2.75, 3.05) is 12.8 Å². The largest absolute Gasteiger partial charge is 0.383 e. The lowest BCUT2D eigenvalue weighted by Gasteiger charge is -2.21. The Kier molecular flexibility index (Phi) is 3.02. The van der Waals surface area contributed by atoms with Crippen molar-refractivity contribution in [1.29, 1.82) is 0 Å². The summed E-state index contributed by atoms with van der Waals surface area (Å²) in [5, 5.41) is 0.598. The Bertz CT molecular complexity index is 548. The van der Waals surface area contributed by atoms with Crippen molar-refractivity contribution in [3.8, 4) is 0 Å². The molecule has 2 aromatic heterocycles. The highest BCUT2D eigenvalue weighted by Crippen LogP contribution is 2.25. The van der Waals surface area contributed by atoms with Gasteiger partial charge >= 0.3 is 0 Å². The molecule has 0 radical (unpaired) electrons. The van der Waals surface area contributed by atoms with Crippen molar-refractivity contribution in [1.82, 2.24) is 9.38 Å². The van der Waals surface area contributed by atoms with E-state index in [1.165, 1.54) is 0 Å². The number of aromatic nitrogens is 2. The molecule has 0 fully saturated rings. The van der Waals surface area contributed by atoms with E-state index in [9.17, 15) is 0 Å². The predicted octanol–water partition coefficient (Wildman–Crippen LogP) is 2.54. The van der Waals surface area contributed by atoms with Gasteiger partial charge in [-0.15, -0.1) is 0 Å². The Hall–Kier alpha value is -1.26. The molecule has 0 aliphatic carbocycles. The molecule has 5 heteroatoms. The van der Waals surface area contributed by atoms with Gasteiger partial charge < -0.3 is 10.5 Å². The van der Waals surface area contributed by atoms with Crippen molar-refractivity contribution in [3.63, 3.8) is 0 Å². The van der Waals surface area contributed by atoms with E-state index in [2.05, 4.69) is 4.98 Å². The quantitative estimate of drug-likeness (QED) is 0.915. The number of imidazole rings is 1. The fourth-order valence-electron chi connectivity index (χ4n) is 1.71. The Morgan fingerprint density at radius 1 is 1.53 bits per heavy atom. The predicted molar refractivity (Wildman–Crippen MR) is 69.4 cm³/mol. The van der Waals surface area contributed by atoms with Crippen molar-refractivity contribution < 1.29 is 4.74 Å². The van der Waals surface area contributed by atoms with Gasteiger partial charge in [0.05, 0.1) is 16.3 Å². The topological polar surface area (TPSA) is 52.5 Å². The van der Waals surface area contributed by atoms with Crippen LogP contribution >= 0.6 is 11.6 Å². The number of rotatable bonds is 3. The van der Waals surface area contributed by atoms with Gasteiger partial charge in [-0.1, -0.05) is 11.6 Å². The van der Waals surface area contributed by atoms with Gasteiger partial charge in [-0.2, -0.15) is 0 Å². The lowest BCUT2D eigenvalue weighted by molar-refractivity contribution is 0.0226. The first-order chi connectivity index (χ1) is 7.94. The highest BCUT2D eigenvalue weighted by molar-refractivity contribution is 6.33. The number of methoxy groups -OCH3 is 1. The van der Waals surface area contributed by atoms with E-state index >= 15 is 0 Å². The van der Waals surface area contributed by atoms with Gasteiger partial charge in [-0.25, -0.2) is 4.98 Å². The van der Waals surface area contributed by atoms with Gasteiger partial charge in [0.15, 0.2) is 5.65 Å². The Morgan fingerprint density at radius 3 is 2.82 bits per heavy atom. The number of pyridine rings is 1. The summed E-state index contributed by atoms with van der Waals surface area (Å²) in [7, 11) is 1.68. The van der Waals surface area contributed by atoms with E-state index in [0.717, 1.165) is 5.69 Å². The summed E-state index contributed by atoms with van der Waals surface area (Å²) in [6, 6.07) is 3.65. The maximum absolute atomic E-state index is 6.08. The average molecular weight is 254 g/mol. The highest BCUT2D eigenvalue weighted by atomic mass is 35.5. The Labute approximate surface area is 105 Å². The minimum absolute atomic E-state index is 0.293. The van der Waals surface area contributed by atoms with E-state index in [1.54, 1.807) is 17.6 Å². The molecule has 2 aromatic rings. The highest BCUT2D eigenvalue weighted by Gasteiger charge is 2.22. The first-order valence-corrected chi connectivity index (χ1v) is 5.78. The molecule has 0 aliphatic rings. The third-order valence-electron chi connectivity index (χ3n) is 2.86. The number of fused-ring (bicyclic) bond motifs is 1. The van der Waals surface area contributed by atoms with E-state index in [1.807, 2.05) is 26.1 Å². The van der Waals surface area contributed by atoms with Crippen LogP contribution in [0.25, 0.3) is 5.65 Å². The lowest BCUT2D eigenvalue weighted by Crippen LogP contribution is -2.26. The second-order valence-corrected chi connectivity index (χ2v) is 5.04. The monoisotopic (exact) mass is 253 g/mol. The summed E-state index contributed by atoms with van der Waals surface area (Å²) >= 11 is 6.08. The molecule has 0 unspecified atom stereocenters. The molecule has 17 heavy (non-hydrogen) atoms. The maximum atomic E-state index is 6.08. The summed E-state index contributed by atoms with van der Waals surface area (Å²) in [4.78, 5) is 4.47. The fourth-order valence-corrected chi connectivity index (χ4v) is 1.91. The minimum Gasteiger partial charge on any atom is -0.383 e. The van der Waals surface area contributed by atoms with Gasteiger partial charge in [0.2, 0.25) is 0 Å². The number of hydrogen-bond acceptors (Lipinski definition) is 3. The molecule has 0 spiro atoms. The van der Waals surface area contributed by atoms with Crippen LogP contribution in [0.5, 0.6) is 0 Å². The van der Waals surface area contributed by atoms with Crippen LogP contribution in [0, 0.1) is 0 Å². The molecule has 4 nitrogen and oxygen atoms in total. The van der Waals surface area contributed by atoms with Crippen LogP contribution in [0.2, 0.25) is 5.02 Å². The molecule has 0 atom stereocenters. The number of anilines is 1. The number of ether oxygens (including phenoxy) is 1. The van der Waals surface area contributed by atoms with Crippen LogP contribution in [-0.2, 0) is 11.2 Å². The summed E-state index contributed by atoms with van der Waals surface area (Å²) in [5.74, 6) is 0.618. The average Bonchev–Trinajstić information content (AvgIpc) is 2.58. The third-order valence-corrected chi connectivity index (χ3v) is 3.16. The second kappa shape index (κ2) is 4.20. The van der Waals surface area contributed by atoms with Gasteiger partial charge in [-0.05, 0) is 26.0 Å². The molecular formula is C12H16ClN3O. The Balaban J connectivity index is 2.49. The summed E-state index contributed by atoms with van der Waals surface area (Å²) in [5.41, 5.74) is 7.26. The molecule has 0 saturated heterocycles. The normalized spacial score (nSPS) is 12.2. The van der Waals surface area contributed by atoms with Crippen LogP contribution in [0.4, 0.5) is 5.82 Å². The van der Waals surface area contributed by atoms with Crippen LogP contribution in [-0.4, -0.2) is 22.1 Å². The van der Waals surface area contributed by atoms with Crippen LogP contribution in [0.1, 0.15) is 19.5 Å². The van der Waals surface area contributed by atoms with E-state index in [4.69, 9.17) is 22.1 Å². The van der Waals surface area contributed by atoms with E-state index in [0.29, 0.717) is 22.9 Å². The van der Waals surface area contributed by atoms with Crippen molar-refractivity contribution in [3.05, 3.63) is 29.0 Å². The molecule has 0 aromatic carbocycles. The lowest BCUT2D eigenvalue weighted by atomic mass is 10.0. The zero-order valence-corrected chi connectivity index (χ0v) is 11.0. The fraction of sp³-hybridized carbons (Fsp3) is 0.417. The first kappa shape index (κ1) is 12.2. The molecule has 0 amide bonds. The summed E-state index contributed by atoms with van der Waals surface area (Å²) in [6.45, 7) is 4.00. The summed E-state index contributed by atoms with van der Waals surface area (Å²) in [6.07, 6.45) is 2.50. The smallest absolute Gasteiger partial charge is 0.157 e. The maximum Gasteiger partial charge on any atom is 0.157 e. The number of nitrogens with zero attached hydrogens (tertiary/aromatic N) is 2. The van der Waals surface area contributed by atoms with Crippen molar-refractivity contribution in [2.45, 2.75) is 25.9 Å². The SMILES string of the molecule is COC(C)(C)Cc1nc2c(Cl)cccn2c1N. The van der Waals surface area contributed by atoms with Gasteiger partial charge in [0.1, 0.15) is 5.82 Å². The Morgan fingerprint density at radius 2 is 2.24 bits per heavy atom. The minimum atomic E-state index is -0.293. The van der Waals surface area contributed by atoms with E-state index < -0.39 is 0 Å². The van der Waals surface area contributed by atoms with Crippen molar-refractivity contribution in [2.24, 2.45) is 0 Å². The van der Waals surface area contributed by atoms with Crippen LogP contribution < -0.4 is 5.73 Å². The van der Waals surface area contributed by atoms with Crippen molar-refractivity contribution >= 4 is 23.1 Å². The molecule has 0 aliphatic heterocycles. The first-order valence-electron chi connectivity index (χ1n) is 5.41. The standard InChI is InChI=1S/C12H16ClN3O/c1-12(2,17-3)7-9-10(14)16-6-4-5-8(13)11(16)15-9/h4-6H,7,14H2,1-3H3. The molecule has 2 heterocycles. The third kappa shape index (κ3) is 2.23. The molecule has 2 rings (SSSR count).